The van der Waals surface area contributed by atoms with Gasteiger partial charge in [0.1, 0.15) is 18.3 Å². The first-order valence-corrected chi connectivity index (χ1v) is 13.2. The minimum Gasteiger partial charge on any atom is -0.424 e. The second-order valence-electron chi connectivity index (χ2n) is 8.42. The highest BCUT2D eigenvalue weighted by Crippen LogP contribution is 2.46. The summed E-state index contributed by atoms with van der Waals surface area (Å²) in [7, 11) is 1.84. The normalized spacial score (nSPS) is 15.0. The minimum absolute atomic E-state index is 0.0374. The fourth-order valence-electron chi connectivity index (χ4n) is 4.29. The van der Waals surface area contributed by atoms with Gasteiger partial charge in [-0.2, -0.15) is 0 Å². The van der Waals surface area contributed by atoms with Gasteiger partial charge in [-0.3, -0.25) is 14.5 Å². The van der Waals surface area contributed by atoms with Crippen LogP contribution in [0.5, 0.6) is 5.75 Å². The molecule has 0 N–H and O–H groups in total. The van der Waals surface area contributed by atoms with E-state index in [0.29, 0.717) is 17.7 Å². The molecule has 1 atom stereocenters. The number of carbonyl (C=O) groups excluding carboxylic acids is 3. The zero-order valence-corrected chi connectivity index (χ0v) is 21.6. The molecule has 188 valence electrons. The van der Waals surface area contributed by atoms with Crippen LogP contribution < -0.4 is 14.5 Å². The number of nitrogens with zero attached hydrogens (tertiary/aromatic N) is 3. The lowest BCUT2D eigenvalue weighted by Gasteiger charge is -2.43. The molecule has 0 spiro atoms. The lowest BCUT2D eigenvalue weighted by Crippen LogP contribution is -2.48. The Morgan fingerprint density at radius 1 is 1.16 bits per heavy atom. The maximum absolute atomic E-state index is 14.2. The van der Waals surface area contributed by atoms with E-state index in [1.807, 2.05) is 36.4 Å². The molecule has 4 aromatic rings. The molecule has 0 aliphatic carbocycles. The largest absolute Gasteiger partial charge is 0.424 e. The van der Waals surface area contributed by atoms with Crippen LogP contribution >= 0.6 is 22.7 Å². The smallest absolute Gasteiger partial charge is 0.311 e. The number of carbonyl (C=O) groups is 3. The topological polar surface area (TPSA) is 79.8 Å². The monoisotopic (exact) mass is 535 g/mol. The van der Waals surface area contributed by atoms with E-state index in [1.54, 1.807) is 41.7 Å². The third-order valence-electron chi connectivity index (χ3n) is 5.97. The van der Waals surface area contributed by atoms with Crippen molar-refractivity contribution in [3.05, 3.63) is 81.2 Å². The molecule has 2 aromatic heterocycles. The molecule has 37 heavy (non-hydrogen) atoms. The summed E-state index contributed by atoms with van der Waals surface area (Å²) < 4.78 is 19.8. The summed E-state index contributed by atoms with van der Waals surface area (Å²) >= 11 is 3.07. The molecule has 3 heterocycles. The summed E-state index contributed by atoms with van der Waals surface area (Å²) in [5, 5.41) is 2.95. The van der Waals surface area contributed by atoms with Crippen molar-refractivity contribution >= 4 is 52.2 Å². The highest BCUT2D eigenvalue weighted by molar-refractivity contribution is 7.16. The molecule has 0 saturated carbocycles. The number of benzene rings is 2. The van der Waals surface area contributed by atoms with Gasteiger partial charge in [0, 0.05) is 23.7 Å². The van der Waals surface area contributed by atoms with E-state index in [9.17, 15) is 18.8 Å². The summed E-state index contributed by atoms with van der Waals surface area (Å²) in [6, 6.07) is 14.8. The molecule has 0 saturated heterocycles. The van der Waals surface area contributed by atoms with Crippen molar-refractivity contribution in [3.63, 3.8) is 0 Å². The van der Waals surface area contributed by atoms with Crippen LogP contribution in [0.2, 0.25) is 0 Å². The van der Waals surface area contributed by atoms with Gasteiger partial charge < -0.3 is 14.4 Å². The highest BCUT2D eigenvalue weighted by Gasteiger charge is 2.40. The molecule has 0 bridgehead atoms. The number of aryl methyl sites for hydroxylation is 1. The van der Waals surface area contributed by atoms with Gasteiger partial charge in [-0.15, -0.1) is 22.7 Å². The maximum Gasteiger partial charge on any atom is 0.311 e. The zero-order chi connectivity index (χ0) is 26.1. The molecule has 1 aliphatic rings. The van der Waals surface area contributed by atoms with Crippen molar-refractivity contribution in [1.82, 2.24) is 4.98 Å². The number of rotatable bonds is 7. The number of aromatic nitrogens is 1. The van der Waals surface area contributed by atoms with E-state index < -0.39 is 23.9 Å². The quantitative estimate of drug-likeness (QED) is 0.164. The van der Waals surface area contributed by atoms with Crippen LogP contribution in [0, 0.1) is 12.7 Å². The molecule has 1 unspecified atom stereocenters. The van der Waals surface area contributed by atoms with Crippen LogP contribution in [-0.2, 0) is 9.59 Å². The molecule has 1 aliphatic heterocycles. The first kappa shape index (κ1) is 24.8. The molecule has 5 rings (SSSR count). The summed E-state index contributed by atoms with van der Waals surface area (Å²) in [5.41, 5.74) is 2.01. The fourth-order valence-corrected chi connectivity index (χ4v) is 6.08. The number of halogens is 1. The number of amides is 1. The van der Waals surface area contributed by atoms with Crippen molar-refractivity contribution in [2.75, 3.05) is 16.8 Å². The predicted molar refractivity (Wildman–Crippen MR) is 142 cm³/mol. The lowest BCUT2D eigenvalue weighted by molar-refractivity contribution is -0.135. The van der Waals surface area contributed by atoms with Crippen molar-refractivity contribution in [1.29, 1.82) is 0 Å². The van der Waals surface area contributed by atoms with Crippen LogP contribution in [0.4, 0.5) is 15.8 Å². The number of fused-ring (bicyclic) bond motifs is 1. The second kappa shape index (κ2) is 10.2. The van der Waals surface area contributed by atoms with Crippen LogP contribution in [0.25, 0.3) is 10.6 Å². The average molecular weight is 536 g/mol. The third-order valence-corrected chi connectivity index (χ3v) is 7.89. The number of ether oxygens (including phenoxy) is 1. The SMILES string of the molecule is Cc1nc(-c2ccc(C3N(C)c4ccc(F)cc4C(=O)N3c3ccccc3OC(=O)CCC=O)s2)cs1. The van der Waals surface area contributed by atoms with Gasteiger partial charge >= 0.3 is 5.97 Å². The molecular weight excluding hydrogens is 513 g/mol. The van der Waals surface area contributed by atoms with Gasteiger partial charge in [-0.1, -0.05) is 12.1 Å². The Kier molecular flexibility index (Phi) is 6.86. The van der Waals surface area contributed by atoms with Crippen LogP contribution in [0.1, 0.15) is 39.3 Å². The van der Waals surface area contributed by atoms with E-state index in [0.717, 1.165) is 20.5 Å². The van der Waals surface area contributed by atoms with E-state index >= 15 is 0 Å². The first-order chi connectivity index (χ1) is 17.9. The molecule has 1 amide bonds. The Morgan fingerprint density at radius 2 is 1.97 bits per heavy atom. The van der Waals surface area contributed by atoms with Crippen molar-refractivity contribution in [2.45, 2.75) is 25.9 Å². The Bertz CT molecular complexity index is 1500. The Labute approximate surface area is 220 Å². The van der Waals surface area contributed by atoms with Gasteiger partial charge in [0.05, 0.1) is 38.9 Å². The fraction of sp³-hybridized carbons (Fsp3) is 0.185. The van der Waals surface area contributed by atoms with Gasteiger partial charge in [-0.05, 0) is 49.4 Å². The number of thiazole rings is 1. The Balaban J connectivity index is 1.62. The zero-order valence-electron chi connectivity index (χ0n) is 20.0. The molecule has 0 fully saturated rings. The summed E-state index contributed by atoms with van der Waals surface area (Å²) in [6.45, 7) is 1.95. The average Bonchev–Trinajstić information content (AvgIpc) is 3.54. The van der Waals surface area contributed by atoms with Gasteiger partial charge in [0.15, 0.2) is 5.75 Å². The Morgan fingerprint density at radius 3 is 2.73 bits per heavy atom. The molecule has 2 aromatic carbocycles. The number of para-hydroxylation sites is 2. The van der Waals surface area contributed by atoms with E-state index in [4.69, 9.17) is 4.74 Å². The number of aldehydes is 1. The highest BCUT2D eigenvalue weighted by atomic mass is 32.1. The second-order valence-corrected chi connectivity index (χ2v) is 10.6. The third kappa shape index (κ3) is 4.77. The number of hydrogen-bond donors (Lipinski definition) is 0. The van der Waals surface area contributed by atoms with Crippen LogP contribution in [0.3, 0.4) is 0 Å². The summed E-state index contributed by atoms with van der Waals surface area (Å²) in [6.07, 6.45) is 0.00901. The van der Waals surface area contributed by atoms with Gasteiger partial charge in [0.2, 0.25) is 0 Å². The number of anilines is 2. The van der Waals surface area contributed by atoms with Crippen molar-refractivity contribution in [2.24, 2.45) is 0 Å². The first-order valence-electron chi connectivity index (χ1n) is 11.5. The van der Waals surface area contributed by atoms with Gasteiger partial charge in [0.25, 0.3) is 5.91 Å². The number of hydrogen-bond acceptors (Lipinski definition) is 8. The molecule has 10 heteroatoms. The summed E-state index contributed by atoms with van der Waals surface area (Å²) in [5.74, 6) is -1.35. The molecule has 7 nitrogen and oxygen atoms in total. The number of esters is 1. The maximum atomic E-state index is 14.2. The van der Waals surface area contributed by atoms with E-state index in [2.05, 4.69) is 4.98 Å². The predicted octanol–water partition coefficient (Wildman–Crippen LogP) is 6.00. The van der Waals surface area contributed by atoms with Gasteiger partial charge in [-0.25, -0.2) is 9.37 Å². The Hall–Kier alpha value is -3.89. The molecule has 0 radical (unpaired) electrons. The lowest BCUT2D eigenvalue weighted by atomic mass is 10.0. The standard InChI is InChI=1S/C27H22FN3O4S2/c1-16-29-19(15-36-16)23-11-12-24(37-23)26-30(2)20-10-9-17(28)14-18(20)27(34)31(26)21-6-3-4-7-22(21)35-25(33)8-5-13-32/h3-4,6-7,9-15,26H,5,8H2,1-2H3. The van der Waals surface area contributed by atoms with Crippen molar-refractivity contribution in [3.8, 4) is 16.3 Å². The van der Waals surface area contributed by atoms with Crippen LogP contribution in [-0.4, -0.2) is 30.2 Å². The van der Waals surface area contributed by atoms with Crippen molar-refractivity contribution < 1.29 is 23.5 Å². The number of thiophene rings is 1. The summed E-state index contributed by atoms with van der Waals surface area (Å²) in [4.78, 5) is 46.8. The minimum atomic E-state index is -0.598. The molecular formula is C27H22FN3O4S2. The van der Waals surface area contributed by atoms with E-state index in [-0.39, 0.29) is 24.2 Å². The van der Waals surface area contributed by atoms with Crippen LogP contribution in [0.15, 0.2) is 60.0 Å². The van der Waals surface area contributed by atoms with E-state index in [1.165, 1.54) is 28.4 Å².